The number of fused-ring (bicyclic) bond motifs is 2. The number of hydrogen-bond donors (Lipinski definition) is 3. The smallest absolute Gasteiger partial charge is 0.283 e. The van der Waals surface area contributed by atoms with Crippen molar-refractivity contribution in [1.82, 2.24) is 9.97 Å². The van der Waals surface area contributed by atoms with E-state index in [4.69, 9.17) is 30.8 Å². The van der Waals surface area contributed by atoms with E-state index in [1.54, 1.807) is 6.07 Å². The van der Waals surface area contributed by atoms with Crippen molar-refractivity contribution in [1.29, 1.82) is 0 Å². The molecule has 0 unspecified atom stereocenters. The number of aliphatic hydroxyl groups excluding tert-OH is 1. The van der Waals surface area contributed by atoms with E-state index in [0.717, 1.165) is 23.6 Å². The van der Waals surface area contributed by atoms with Gasteiger partial charge in [-0.3, -0.25) is 4.79 Å². The zero-order valence-corrected chi connectivity index (χ0v) is 23.9. The Morgan fingerprint density at radius 2 is 1.98 bits per heavy atom. The van der Waals surface area contributed by atoms with Crippen LogP contribution in [0.5, 0.6) is 0 Å². The lowest BCUT2D eigenvalue weighted by atomic mass is 10.00. The van der Waals surface area contributed by atoms with Gasteiger partial charge in [-0.1, -0.05) is 24.6 Å². The van der Waals surface area contributed by atoms with E-state index >= 15 is 4.39 Å². The number of H-pyrrole nitrogens is 1. The minimum atomic E-state index is -0.926. The third kappa shape index (κ3) is 5.54. The number of halogens is 3. The zero-order chi connectivity index (χ0) is 29.5. The fourth-order valence-corrected chi connectivity index (χ4v) is 6.05. The van der Waals surface area contributed by atoms with Crippen LogP contribution in [-0.2, 0) is 20.6 Å². The summed E-state index contributed by atoms with van der Waals surface area (Å²) in [7, 11) is 0. The Morgan fingerprint density at radius 3 is 2.76 bits per heavy atom. The molecule has 1 aliphatic carbocycles. The minimum Gasteiger partial charge on any atom is -0.472 e. The number of benzene rings is 1. The second-order valence-electron chi connectivity index (χ2n) is 10.9. The molecule has 0 amide bonds. The van der Waals surface area contributed by atoms with E-state index < -0.39 is 41.5 Å². The normalized spacial score (nSPS) is 25.0. The number of aliphatic hydroxyl groups is 1. The molecule has 5 atom stereocenters. The Hall–Kier alpha value is -3.38. The van der Waals surface area contributed by atoms with Crippen LogP contribution in [0.25, 0.3) is 11.1 Å². The van der Waals surface area contributed by atoms with Crippen LogP contribution in [0.3, 0.4) is 0 Å². The first-order valence-corrected chi connectivity index (χ1v) is 14.4. The molecule has 1 aromatic carbocycles. The molecule has 2 aliphatic heterocycles. The molecule has 4 heterocycles. The summed E-state index contributed by atoms with van der Waals surface area (Å²) < 4.78 is 46.8. The molecule has 9 nitrogen and oxygen atoms in total. The summed E-state index contributed by atoms with van der Waals surface area (Å²) in [4.78, 5) is 23.1. The highest BCUT2D eigenvalue weighted by Gasteiger charge is 2.48. The highest BCUT2D eigenvalue weighted by molar-refractivity contribution is 6.33. The Balaban J connectivity index is 1.24. The molecule has 0 spiro atoms. The zero-order valence-electron chi connectivity index (χ0n) is 23.1. The minimum absolute atomic E-state index is 0.209. The summed E-state index contributed by atoms with van der Waals surface area (Å²) >= 11 is 6.57. The lowest BCUT2D eigenvalue weighted by molar-refractivity contribution is 0.00529. The standard InChI is InChI=1S/C30H31ClF2N4O5/c1-3-4-24(42-23-13-41-26-22(38)12-40-27(23)26)36-28-14(2)7-18(31)29(37-28)35-21-6-5-15-8-16(9-19(32)25(15)21)17-10-20(33)30(39)34-11-17/h7-11,21-23,26-27,38H,3-6,12-13H2,1-2H3,(H,34,39)(H,35,37)/b36-24+/t21-,22+,23+,26+,27+/m0/s1. The third-order valence-corrected chi connectivity index (χ3v) is 8.16. The number of rotatable bonds is 7. The molecular formula is C30H31ClF2N4O5. The van der Waals surface area contributed by atoms with Crippen molar-refractivity contribution >= 4 is 29.1 Å². The molecule has 0 radical (unpaired) electrons. The van der Waals surface area contributed by atoms with Crippen molar-refractivity contribution in [2.45, 2.75) is 70.0 Å². The lowest BCUT2D eigenvalue weighted by Gasteiger charge is -2.20. The Morgan fingerprint density at radius 1 is 1.19 bits per heavy atom. The number of hydrogen-bond acceptors (Lipinski definition) is 8. The lowest BCUT2D eigenvalue weighted by Crippen LogP contribution is -2.34. The van der Waals surface area contributed by atoms with Gasteiger partial charge in [0.15, 0.2) is 23.6 Å². The molecule has 6 rings (SSSR count). The van der Waals surface area contributed by atoms with Gasteiger partial charge in [-0.2, -0.15) is 4.99 Å². The van der Waals surface area contributed by atoms with Gasteiger partial charge >= 0.3 is 0 Å². The molecule has 0 saturated carbocycles. The quantitative estimate of drug-likeness (QED) is 0.254. The van der Waals surface area contributed by atoms with Crippen LogP contribution in [0, 0.1) is 18.6 Å². The van der Waals surface area contributed by atoms with Crippen molar-refractivity contribution < 1.29 is 28.1 Å². The second kappa shape index (κ2) is 11.7. The molecule has 2 fully saturated rings. The SMILES string of the molecule is CCC/C(=N\c1nc(N[C@H]2CCc3cc(-c4c[nH]c(=O)c(F)c4)cc(F)c32)c(Cl)cc1C)O[C@@H]1CO[C@H]2[C@@H]1OC[C@H]2O. The Bertz CT molecular complexity index is 1600. The third-order valence-electron chi connectivity index (χ3n) is 7.87. The molecule has 222 valence electrons. The van der Waals surface area contributed by atoms with Gasteiger partial charge in [-0.15, -0.1) is 0 Å². The number of aromatic amines is 1. The number of aryl methyl sites for hydroxylation is 2. The van der Waals surface area contributed by atoms with E-state index in [2.05, 4.69) is 15.3 Å². The van der Waals surface area contributed by atoms with Gasteiger partial charge in [-0.25, -0.2) is 13.8 Å². The van der Waals surface area contributed by atoms with Gasteiger partial charge in [-0.05, 0) is 61.1 Å². The number of pyridine rings is 2. The number of aromatic nitrogens is 2. The Labute approximate surface area is 245 Å². The molecule has 3 aromatic rings. The largest absolute Gasteiger partial charge is 0.472 e. The summed E-state index contributed by atoms with van der Waals surface area (Å²) in [5.41, 5.74) is 2.06. The number of ether oxygens (including phenoxy) is 3. The molecule has 0 bridgehead atoms. The van der Waals surface area contributed by atoms with E-state index in [-0.39, 0.29) is 12.7 Å². The monoisotopic (exact) mass is 600 g/mol. The topological polar surface area (TPSA) is 118 Å². The first-order chi connectivity index (χ1) is 20.2. The summed E-state index contributed by atoms with van der Waals surface area (Å²) in [5, 5.41) is 13.7. The van der Waals surface area contributed by atoms with Crippen LogP contribution in [0.2, 0.25) is 5.02 Å². The van der Waals surface area contributed by atoms with Gasteiger partial charge in [0.2, 0.25) is 0 Å². The second-order valence-corrected chi connectivity index (χ2v) is 11.3. The predicted octanol–water partition coefficient (Wildman–Crippen LogP) is 5.15. The van der Waals surface area contributed by atoms with Crippen molar-refractivity contribution in [2.75, 3.05) is 18.5 Å². The van der Waals surface area contributed by atoms with Gasteiger partial charge < -0.3 is 29.6 Å². The first-order valence-electron chi connectivity index (χ1n) is 14.0. The van der Waals surface area contributed by atoms with Crippen LogP contribution >= 0.6 is 11.6 Å². The fraction of sp³-hybridized carbons (Fsp3) is 0.433. The van der Waals surface area contributed by atoms with Gasteiger partial charge in [0, 0.05) is 23.7 Å². The van der Waals surface area contributed by atoms with E-state index in [0.29, 0.717) is 65.1 Å². The first kappa shape index (κ1) is 28.7. The summed E-state index contributed by atoms with van der Waals surface area (Å²) in [6, 6.07) is 5.61. The molecule has 2 aromatic heterocycles. The molecule has 3 N–H and O–H groups in total. The van der Waals surface area contributed by atoms with Gasteiger partial charge in [0.05, 0.1) is 24.3 Å². The number of aliphatic imine (C=N–C) groups is 1. The average Bonchev–Trinajstić information content (AvgIpc) is 3.65. The maximum absolute atomic E-state index is 15.4. The van der Waals surface area contributed by atoms with E-state index in [1.165, 1.54) is 12.3 Å². The van der Waals surface area contributed by atoms with E-state index in [9.17, 15) is 14.3 Å². The van der Waals surface area contributed by atoms with Gasteiger partial charge in [0.25, 0.3) is 5.56 Å². The maximum atomic E-state index is 15.4. The predicted molar refractivity (Wildman–Crippen MR) is 153 cm³/mol. The van der Waals surface area contributed by atoms with Crippen LogP contribution in [0.1, 0.15) is 48.9 Å². The van der Waals surface area contributed by atoms with Crippen LogP contribution < -0.4 is 10.9 Å². The number of anilines is 1. The number of nitrogens with zero attached hydrogens (tertiary/aromatic N) is 2. The molecule has 3 aliphatic rings. The molecular weight excluding hydrogens is 570 g/mol. The molecule has 2 saturated heterocycles. The highest BCUT2D eigenvalue weighted by atomic mass is 35.5. The number of nitrogens with one attached hydrogen (secondary N) is 2. The maximum Gasteiger partial charge on any atom is 0.283 e. The van der Waals surface area contributed by atoms with Crippen molar-refractivity contribution in [3.63, 3.8) is 0 Å². The summed E-state index contributed by atoms with van der Waals surface area (Å²) in [5.74, 6) is -0.107. The van der Waals surface area contributed by atoms with E-state index in [1.807, 2.05) is 19.9 Å². The Kier molecular flexibility index (Phi) is 8.01. The highest BCUT2D eigenvalue weighted by Crippen LogP contribution is 2.40. The summed E-state index contributed by atoms with van der Waals surface area (Å²) in [6.45, 7) is 4.37. The van der Waals surface area contributed by atoms with Crippen molar-refractivity contribution in [3.05, 3.63) is 74.2 Å². The summed E-state index contributed by atoms with van der Waals surface area (Å²) in [6.07, 6.45) is 2.07. The fourth-order valence-electron chi connectivity index (χ4n) is 5.79. The van der Waals surface area contributed by atoms with Crippen molar-refractivity contribution in [3.8, 4) is 11.1 Å². The molecule has 42 heavy (non-hydrogen) atoms. The van der Waals surface area contributed by atoms with Crippen LogP contribution in [0.4, 0.5) is 20.4 Å². The van der Waals surface area contributed by atoms with Crippen LogP contribution in [0.15, 0.2) is 40.2 Å². The van der Waals surface area contributed by atoms with Gasteiger partial charge in [0.1, 0.15) is 29.9 Å². The van der Waals surface area contributed by atoms with Crippen LogP contribution in [-0.4, -0.2) is 58.6 Å². The van der Waals surface area contributed by atoms with Crippen molar-refractivity contribution in [2.24, 2.45) is 4.99 Å². The molecule has 12 heteroatoms. The average molecular weight is 601 g/mol.